The van der Waals surface area contributed by atoms with E-state index in [0.29, 0.717) is 15.7 Å². The standard InChI is InChI=1S/C13H21NO2S/c1-13(2,3)7-6-8-14(4)9-11(16-5)10(15)12(9)17/h6-8H2,1-5H3. The summed E-state index contributed by atoms with van der Waals surface area (Å²) in [5, 5.41) is 0. The SMILES string of the molecule is COc1c(N(C)CCCC(C)(C)C)c(=S)c1=O. The van der Waals surface area contributed by atoms with Gasteiger partial charge in [-0.15, -0.1) is 0 Å². The Hall–Kier alpha value is -0.900. The van der Waals surface area contributed by atoms with Gasteiger partial charge in [-0.25, -0.2) is 0 Å². The topological polar surface area (TPSA) is 29.5 Å². The number of rotatable bonds is 5. The minimum Gasteiger partial charge on any atom is -0.491 e. The zero-order chi connectivity index (χ0) is 13.2. The molecule has 0 aliphatic carbocycles. The lowest BCUT2D eigenvalue weighted by Crippen LogP contribution is -2.27. The summed E-state index contributed by atoms with van der Waals surface area (Å²) in [5.41, 5.74) is 0.997. The van der Waals surface area contributed by atoms with E-state index in [1.165, 1.54) is 7.11 Å². The van der Waals surface area contributed by atoms with Gasteiger partial charge in [0.05, 0.1) is 7.11 Å². The molecule has 0 aliphatic heterocycles. The number of nitrogens with zero attached hydrogens (tertiary/aromatic N) is 1. The van der Waals surface area contributed by atoms with Crippen LogP contribution >= 0.6 is 12.2 Å². The van der Waals surface area contributed by atoms with Crippen LogP contribution in [0.5, 0.6) is 5.75 Å². The van der Waals surface area contributed by atoms with E-state index >= 15 is 0 Å². The highest BCUT2D eigenvalue weighted by Crippen LogP contribution is 2.29. The maximum Gasteiger partial charge on any atom is 0.242 e. The minimum atomic E-state index is -0.139. The van der Waals surface area contributed by atoms with Crippen molar-refractivity contribution in [1.29, 1.82) is 0 Å². The summed E-state index contributed by atoms with van der Waals surface area (Å²) in [6, 6.07) is 0. The van der Waals surface area contributed by atoms with Crippen molar-refractivity contribution in [3.05, 3.63) is 14.7 Å². The van der Waals surface area contributed by atoms with Crippen LogP contribution in [0.1, 0.15) is 33.6 Å². The van der Waals surface area contributed by atoms with Gasteiger partial charge in [0, 0.05) is 13.6 Å². The van der Waals surface area contributed by atoms with Gasteiger partial charge in [-0.3, -0.25) is 4.79 Å². The molecule has 0 atom stereocenters. The molecule has 1 rings (SSSR count). The number of methoxy groups -OCH3 is 1. The van der Waals surface area contributed by atoms with Gasteiger partial charge in [-0.1, -0.05) is 33.0 Å². The van der Waals surface area contributed by atoms with Gasteiger partial charge in [0.15, 0.2) is 5.75 Å². The highest BCUT2D eigenvalue weighted by atomic mass is 32.1. The van der Waals surface area contributed by atoms with Crippen LogP contribution in [0.2, 0.25) is 0 Å². The fraction of sp³-hybridized carbons (Fsp3) is 0.692. The number of ether oxygens (including phenoxy) is 1. The molecule has 0 bridgehead atoms. The van der Waals surface area contributed by atoms with E-state index in [4.69, 9.17) is 17.0 Å². The van der Waals surface area contributed by atoms with Gasteiger partial charge in [-0.2, -0.15) is 0 Å². The Morgan fingerprint density at radius 1 is 1.35 bits per heavy atom. The van der Waals surface area contributed by atoms with Crippen LogP contribution in [0.25, 0.3) is 0 Å². The van der Waals surface area contributed by atoms with E-state index in [0.717, 1.165) is 25.1 Å². The first-order valence-electron chi connectivity index (χ1n) is 5.86. The summed E-state index contributed by atoms with van der Waals surface area (Å²) >= 11 is 5.04. The molecule has 0 fully saturated rings. The van der Waals surface area contributed by atoms with E-state index in [1.54, 1.807) is 0 Å². The molecule has 0 spiro atoms. The Kier molecular flexibility index (Phi) is 4.31. The lowest BCUT2D eigenvalue weighted by atomic mass is 9.90. The van der Waals surface area contributed by atoms with Gasteiger partial charge >= 0.3 is 0 Å². The van der Waals surface area contributed by atoms with E-state index in [1.807, 2.05) is 11.9 Å². The van der Waals surface area contributed by atoms with Crippen LogP contribution in [-0.2, 0) is 0 Å². The van der Waals surface area contributed by atoms with Crippen molar-refractivity contribution in [2.24, 2.45) is 5.41 Å². The summed E-state index contributed by atoms with van der Waals surface area (Å²) < 4.78 is 5.45. The molecule has 96 valence electrons. The lowest BCUT2D eigenvalue weighted by Gasteiger charge is -2.25. The Morgan fingerprint density at radius 2 is 1.94 bits per heavy atom. The maximum atomic E-state index is 11.4. The molecule has 0 saturated heterocycles. The van der Waals surface area contributed by atoms with Crippen LogP contribution in [0.3, 0.4) is 0 Å². The van der Waals surface area contributed by atoms with Crippen LogP contribution in [0, 0.1) is 9.93 Å². The molecule has 0 aliphatic rings. The third-order valence-electron chi connectivity index (χ3n) is 2.85. The number of hydrogen-bond donors (Lipinski definition) is 0. The molecule has 0 saturated carbocycles. The van der Waals surface area contributed by atoms with Gasteiger partial charge in [0.2, 0.25) is 5.43 Å². The van der Waals surface area contributed by atoms with Crippen molar-refractivity contribution < 1.29 is 4.74 Å². The molecular formula is C13H21NO2S. The average Bonchev–Trinajstić information content (AvgIpc) is 2.22. The summed E-state index contributed by atoms with van der Waals surface area (Å²) in [7, 11) is 3.47. The van der Waals surface area contributed by atoms with Crippen molar-refractivity contribution in [2.75, 3.05) is 25.6 Å². The lowest BCUT2D eigenvalue weighted by molar-refractivity contribution is 0.366. The first kappa shape index (κ1) is 14.2. The minimum absolute atomic E-state index is 0.139. The highest BCUT2D eigenvalue weighted by molar-refractivity contribution is 7.71. The molecule has 0 unspecified atom stereocenters. The van der Waals surface area contributed by atoms with Crippen molar-refractivity contribution in [3.63, 3.8) is 0 Å². The summed E-state index contributed by atoms with van der Waals surface area (Å²) in [6.45, 7) is 7.58. The molecule has 0 heterocycles. The molecule has 1 aromatic rings. The van der Waals surface area contributed by atoms with Crippen LogP contribution < -0.4 is 15.1 Å². The number of anilines is 1. The van der Waals surface area contributed by atoms with E-state index in [9.17, 15) is 4.79 Å². The fourth-order valence-corrected chi connectivity index (χ4v) is 2.19. The Labute approximate surface area is 108 Å². The zero-order valence-corrected chi connectivity index (χ0v) is 12.1. The Balaban J connectivity index is 2.60. The normalized spacial score (nSPS) is 11.8. The molecule has 0 N–H and O–H groups in total. The summed E-state index contributed by atoms with van der Waals surface area (Å²) in [4.78, 5) is 13.4. The van der Waals surface area contributed by atoms with Gasteiger partial charge < -0.3 is 9.64 Å². The van der Waals surface area contributed by atoms with Gasteiger partial charge in [0.25, 0.3) is 0 Å². The van der Waals surface area contributed by atoms with Crippen LogP contribution in [0.4, 0.5) is 5.69 Å². The molecule has 17 heavy (non-hydrogen) atoms. The Morgan fingerprint density at radius 3 is 2.41 bits per heavy atom. The molecule has 4 heteroatoms. The predicted octanol–water partition coefficient (Wildman–Crippen LogP) is 2.92. The van der Waals surface area contributed by atoms with E-state index in [2.05, 4.69) is 20.8 Å². The largest absolute Gasteiger partial charge is 0.491 e. The van der Waals surface area contributed by atoms with Crippen LogP contribution in [-0.4, -0.2) is 20.7 Å². The highest BCUT2D eigenvalue weighted by Gasteiger charge is 2.22. The summed E-state index contributed by atoms with van der Waals surface area (Å²) in [6.07, 6.45) is 2.23. The van der Waals surface area contributed by atoms with Gasteiger partial charge in [-0.05, 0) is 18.3 Å². The number of hydrogen-bond acceptors (Lipinski definition) is 4. The second-order valence-corrected chi connectivity index (χ2v) is 6.03. The molecule has 1 aromatic carbocycles. The first-order valence-corrected chi connectivity index (χ1v) is 6.27. The first-order chi connectivity index (χ1) is 7.78. The molecule has 0 amide bonds. The summed E-state index contributed by atoms with van der Waals surface area (Å²) in [5.74, 6) is 0.410. The fourth-order valence-electron chi connectivity index (χ4n) is 1.85. The van der Waals surface area contributed by atoms with E-state index < -0.39 is 0 Å². The molecule has 0 radical (unpaired) electrons. The smallest absolute Gasteiger partial charge is 0.242 e. The molecular weight excluding hydrogens is 234 g/mol. The third-order valence-corrected chi connectivity index (χ3v) is 3.23. The molecule has 3 nitrogen and oxygen atoms in total. The van der Waals surface area contributed by atoms with Gasteiger partial charge in [0.1, 0.15) is 10.2 Å². The quantitative estimate of drug-likeness (QED) is 0.757. The van der Waals surface area contributed by atoms with E-state index in [-0.39, 0.29) is 5.43 Å². The Bertz CT molecular complexity index is 452. The predicted molar refractivity (Wildman–Crippen MR) is 74.4 cm³/mol. The zero-order valence-electron chi connectivity index (χ0n) is 11.3. The maximum absolute atomic E-state index is 11.4. The third kappa shape index (κ3) is 3.28. The van der Waals surface area contributed by atoms with Crippen molar-refractivity contribution in [3.8, 4) is 5.75 Å². The monoisotopic (exact) mass is 255 g/mol. The second-order valence-electron chi connectivity index (χ2n) is 5.63. The second kappa shape index (κ2) is 5.17. The average molecular weight is 255 g/mol. The van der Waals surface area contributed by atoms with Crippen molar-refractivity contribution in [1.82, 2.24) is 0 Å². The van der Waals surface area contributed by atoms with Crippen molar-refractivity contribution in [2.45, 2.75) is 33.6 Å². The molecule has 0 aromatic heterocycles. The van der Waals surface area contributed by atoms with Crippen LogP contribution in [0.15, 0.2) is 4.79 Å². The van der Waals surface area contributed by atoms with Crippen molar-refractivity contribution >= 4 is 17.9 Å².